The van der Waals surface area contributed by atoms with E-state index in [4.69, 9.17) is 9.26 Å². The zero-order chi connectivity index (χ0) is 22.3. The molecule has 0 saturated heterocycles. The molecular weight excluding hydrogens is 450 g/mol. The van der Waals surface area contributed by atoms with Crippen molar-refractivity contribution in [2.75, 3.05) is 24.4 Å². The molecule has 0 atom stereocenters. The highest BCUT2D eigenvalue weighted by molar-refractivity contribution is 8.14. The molecular formula is C21H19N5O4S2. The maximum atomic E-state index is 13.1. The topological polar surface area (TPSA) is 107 Å². The van der Waals surface area contributed by atoms with Gasteiger partial charge in [-0.2, -0.15) is 0 Å². The molecule has 9 nitrogen and oxygen atoms in total. The Hall–Kier alpha value is -3.28. The molecule has 164 valence electrons. The summed E-state index contributed by atoms with van der Waals surface area (Å²) in [5.74, 6) is -0.579. The number of hydrogen-bond acceptors (Lipinski definition) is 9. The van der Waals surface area contributed by atoms with Crippen LogP contribution in [-0.2, 0) is 16.1 Å². The largest absolute Gasteiger partial charge is 0.861 e. The fourth-order valence-electron chi connectivity index (χ4n) is 2.80. The van der Waals surface area contributed by atoms with Crippen LogP contribution in [0.2, 0.25) is 0 Å². The number of nitrogens with zero attached hydrogens (tertiary/aromatic N) is 5. The Labute approximate surface area is 192 Å². The predicted octanol–water partition coefficient (Wildman–Crippen LogP) is 2.24. The number of aliphatic imine (C=N–C) groups is 2. The Kier molecular flexibility index (Phi) is 7.10. The molecule has 0 unspecified atom stereocenters. The Morgan fingerprint density at radius 2 is 2.19 bits per heavy atom. The quantitative estimate of drug-likeness (QED) is 0.217. The average Bonchev–Trinajstić information content (AvgIpc) is 3.54. The lowest BCUT2D eigenvalue weighted by Gasteiger charge is -2.18. The van der Waals surface area contributed by atoms with Crippen molar-refractivity contribution < 1.29 is 23.8 Å². The van der Waals surface area contributed by atoms with Gasteiger partial charge in [-0.25, -0.2) is 9.98 Å². The number of thioether (sulfide) groups is 1. The minimum absolute atomic E-state index is 0.0134. The molecule has 1 aliphatic rings. The average molecular weight is 470 g/mol. The maximum absolute atomic E-state index is 13.1. The van der Waals surface area contributed by atoms with Crippen molar-refractivity contribution in [3.63, 3.8) is 0 Å². The first-order valence-electron chi connectivity index (χ1n) is 9.60. The van der Waals surface area contributed by atoms with Crippen molar-refractivity contribution in [2.24, 2.45) is 9.98 Å². The van der Waals surface area contributed by atoms with E-state index in [0.717, 1.165) is 16.6 Å². The summed E-state index contributed by atoms with van der Waals surface area (Å²) in [7, 11) is 1.59. The number of amidine groups is 1. The van der Waals surface area contributed by atoms with Gasteiger partial charge in [0.05, 0.1) is 5.69 Å². The Morgan fingerprint density at radius 1 is 1.34 bits per heavy atom. The highest BCUT2D eigenvalue weighted by Gasteiger charge is 2.31. The van der Waals surface area contributed by atoms with Gasteiger partial charge in [0, 0.05) is 17.7 Å². The molecule has 3 heterocycles. The number of carbonyl (C=O) groups excluding carboxylic acids is 1. The smallest absolute Gasteiger partial charge is 0.320 e. The Balaban J connectivity index is 1.51. The second kappa shape index (κ2) is 10.4. The molecule has 1 amide bonds. The van der Waals surface area contributed by atoms with Crippen molar-refractivity contribution >= 4 is 57.7 Å². The van der Waals surface area contributed by atoms with Crippen LogP contribution < -0.4 is 14.7 Å². The van der Waals surface area contributed by atoms with Crippen molar-refractivity contribution in [1.82, 2.24) is 5.27 Å². The molecule has 0 aliphatic carbocycles. The van der Waals surface area contributed by atoms with Crippen LogP contribution in [0.4, 0.5) is 11.6 Å². The van der Waals surface area contributed by atoms with Crippen LogP contribution in [0.5, 0.6) is 0 Å². The van der Waals surface area contributed by atoms with E-state index in [1.165, 1.54) is 27.1 Å². The third-order valence-electron chi connectivity index (χ3n) is 4.25. The lowest BCUT2D eigenvalue weighted by molar-refractivity contribution is -0.763. The molecule has 0 spiro atoms. The van der Waals surface area contributed by atoms with Crippen LogP contribution in [0.3, 0.4) is 0 Å². The van der Waals surface area contributed by atoms with Gasteiger partial charge in [-0.05, 0) is 40.2 Å². The highest BCUT2D eigenvalue weighted by atomic mass is 32.2. The summed E-state index contributed by atoms with van der Waals surface area (Å²) in [6.45, 7) is 0.952. The number of aromatic nitrogens is 2. The molecule has 32 heavy (non-hydrogen) atoms. The summed E-state index contributed by atoms with van der Waals surface area (Å²) in [6, 6.07) is 13.0. The van der Waals surface area contributed by atoms with E-state index in [9.17, 15) is 9.90 Å². The molecule has 0 fully saturated rings. The lowest BCUT2D eigenvalue weighted by Crippen LogP contribution is -2.36. The van der Waals surface area contributed by atoms with Gasteiger partial charge in [-0.3, -0.25) is 14.2 Å². The molecule has 0 bridgehead atoms. The van der Waals surface area contributed by atoms with Gasteiger partial charge in [0.15, 0.2) is 5.17 Å². The first-order chi connectivity index (χ1) is 15.6. The van der Waals surface area contributed by atoms with E-state index in [1.54, 1.807) is 13.2 Å². The van der Waals surface area contributed by atoms with Crippen molar-refractivity contribution in [1.29, 1.82) is 0 Å². The van der Waals surface area contributed by atoms with Crippen LogP contribution >= 0.6 is 23.1 Å². The normalized spacial score (nSPS) is 15.6. The van der Waals surface area contributed by atoms with E-state index < -0.39 is 5.90 Å². The molecule has 0 radical (unpaired) electrons. The number of anilines is 1. The molecule has 1 aromatic carbocycles. The van der Waals surface area contributed by atoms with Crippen molar-refractivity contribution in [3.05, 3.63) is 64.6 Å². The number of rotatable bonds is 8. The molecule has 3 aromatic rings. The predicted molar refractivity (Wildman–Crippen MR) is 122 cm³/mol. The molecule has 2 aromatic heterocycles. The van der Waals surface area contributed by atoms with Gasteiger partial charge in [0.25, 0.3) is 12.1 Å². The van der Waals surface area contributed by atoms with Crippen molar-refractivity contribution in [2.45, 2.75) is 6.54 Å². The summed E-state index contributed by atoms with van der Waals surface area (Å²) in [6.07, 6.45) is 3.27. The van der Waals surface area contributed by atoms with E-state index in [1.807, 2.05) is 47.8 Å². The third kappa shape index (κ3) is 5.31. The minimum atomic E-state index is -0.427. The summed E-state index contributed by atoms with van der Waals surface area (Å²) in [5, 5.41) is 18.5. The monoisotopic (exact) mass is 469 g/mol. The van der Waals surface area contributed by atoms with Crippen LogP contribution in [-0.4, -0.2) is 41.7 Å². The summed E-state index contributed by atoms with van der Waals surface area (Å²) >= 11 is 2.66. The Morgan fingerprint density at radius 3 is 2.94 bits per heavy atom. The van der Waals surface area contributed by atoms with Crippen LogP contribution in [0.25, 0.3) is 6.08 Å². The first-order valence-corrected chi connectivity index (χ1v) is 11.5. The molecule has 4 rings (SSSR count). The fraction of sp³-hybridized carbons (Fsp3) is 0.190. The van der Waals surface area contributed by atoms with E-state index >= 15 is 0 Å². The first kappa shape index (κ1) is 21.9. The highest BCUT2D eigenvalue weighted by Crippen LogP contribution is 2.29. The van der Waals surface area contributed by atoms with E-state index in [0.29, 0.717) is 29.7 Å². The standard InChI is InChI=1S/C21H19N5O4S2/c1-29-10-9-25-13-19(30-24-25)23-18(27)14-32-21-22-17(12-16-8-5-11-31-16)20(28)26(21)15-6-3-2-4-7-15/h2-8,11-13H,9-10,14H2,1H3/b17-12+. The number of amides is 1. The zero-order valence-corrected chi connectivity index (χ0v) is 18.7. The van der Waals surface area contributed by atoms with E-state index in [-0.39, 0.29) is 17.5 Å². The second-order valence-electron chi connectivity index (χ2n) is 6.51. The minimum Gasteiger partial charge on any atom is -0.861 e. The molecule has 0 N–H and O–H groups in total. The fourth-order valence-corrected chi connectivity index (χ4v) is 4.24. The number of methoxy groups -OCH3 is 1. The number of thiophene rings is 1. The van der Waals surface area contributed by atoms with Crippen LogP contribution in [0, 0.1) is 0 Å². The van der Waals surface area contributed by atoms with E-state index in [2.05, 4.69) is 15.3 Å². The summed E-state index contributed by atoms with van der Waals surface area (Å²) in [4.78, 5) is 23.9. The van der Waals surface area contributed by atoms with Gasteiger partial charge in [0.2, 0.25) is 11.8 Å². The lowest BCUT2D eigenvalue weighted by atomic mass is 10.3. The van der Waals surface area contributed by atoms with Gasteiger partial charge >= 0.3 is 5.88 Å². The van der Waals surface area contributed by atoms with Gasteiger partial charge in [-0.15, -0.1) is 11.3 Å². The third-order valence-corrected chi connectivity index (χ3v) is 5.99. The molecule has 11 heteroatoms. The number of para-hydroxylation sites is 1. The van der Waals surface area contributed by atoms with Crippen molar-refractivity contribution in [3.8, 4) is 0 Å². The SMILES string of the molecule is COCC[n+]1cc(/N=C(\[O-])CSC2=N/C(=C/c3cccs3)C(=O)N2c2ccccc2)on1. The van der Waals surface area contributed by atoms with Gasteiger partial charge < -0.3 is 9.84 Å². The second-order valence-corrected chi connectivity index (χ2v) is 8.43. The molecule has 0 saturated carbocycles. The van der Waals surface area contributed by atoms with Gasteiger partial charge in [-0.1, -0.05) is 36.0 Å². The summed E-state index contributed by atoms with van der Waals surface area (Å²) in [5.41, 5.74) is 0.995. The number of carbonyl (C=O) groups is 1. The van der Waals surface area contributed by atoms with Gasteiger partial charge in [0.1, 0.15) is 12.3 Å². The Bertz CT molecular complexity index is 1160. The van der Waals surface area contributed by atoms with Crippen LogP contribution in [0.15, 0.2) is 74.2 Å². The summed E-state index contributed by atoms with van der Waals surface area (Å²) < 4.78 is 11.5. The molecule has 1 aliphatic heterocycles. The maximum Gasteiger partial charge on any atom is 0.320 e. The number of benzene rings is 1. The number of ether oxygens (including phenoxy) is 1. The van der Waals surface area contributed by atoms with Crippen LogP contribution in [0.1, 0.15) is 4.88 Å². The zero-order valence-electron chi connectivity index (χ0n) is 17.1. The number of hydrogen-bond donors (Lipinski definition) is 0.